The third-order valence-corrected chi connectivity index (χ3v) is 8.22. The number of aryl methyl sites for hydroxylation is 1. The topological polar surface area (TPSA) is 112 Å². The molecule has 0 spiro atoms. The first kappa shape index (κ1) is 26.9. The van der Waals surface area contributed by atoms with E-state index in [0.717, 1.165) is 10.4 Å². The Hall–Kier alpha value is -3.70. The maximum Gasteiger partial charge on any atom is 0.280 e. The number of rotatable bonds is 9. The zero-order chi connectivity index (χ0) is 27.5. The van der Waals surface area contributed by atoms with Crippen LogP contribution in [0.15, 0.2) is 76.2 Å². The Kier molecular flexibility index (Phi) is 7.99. The van der Waals surface area contributed by atoms with E-state index in [0.29, 0.717) is 40.9 Å². The number of halogens is 2. The fraction of sp³-hybridized carbons (Fsp3) is 0.111. The van der Waals surface area contributed by atoms with E-state index in [1.165, 1.54) is 38.8 Å². The van der Waals surface area contributed by atoms with Crippen LogP contribution in [0.2, 0.25) is 9.49 Å². The average Bonchev–Trinajstić information content (AvgIpc) is 3.68. The Labute approximate surface area is 241 Å². The highest BCUT2D eigenvalue weighted by molar-refractivity contribution is 7.16. The maximum atomic E-state index is 13.5. The van der Waals surface area contributed by atoms with Crippen molar-refractivity contribution in [2.45, 2.75) is 19.5 Å². The number of hydrogen-bond acceptors (Lipinski definition) is 7. The Morgan fingerprint density at radius 3 is 2.54 bits per heavy atom. The summed E-state index contributed by atoms with van der Waals surface area (Å²) in [5, 5.41) is 12.0. The van der Waals surface area contributed by atoms with Crippen molar-refractivity contribution in [3.05, 3.63) is 113 Å². The minimum absolute atomic E-state index is 0.203. The number of carbonyl (C=O) groups is 2. The second-order valence-electron chi connectivity index (χ2n) is 8.57. The third-order valence-electron chi connectivity index (χ3n) is 5.95. The number of aromatic nitrogens is 3. The Morgan fingerprint density at radius 2 is 1.85 bits per heavy atom. The number of thiophene rings is 2. The van der Waals surface area contributed by atoms with E-state index < -0.39 is 11.8 Å². The largest absolute Gasteiger partial charge is 0.366 e. The number of benzene rings is 1. The number of pyridine rings is 1. The van der Waals surface area contributed by atoms with Gasteiger partial charge in [0.1, 0.15) is 11.0 Å². The average molecular weight is 599 g/mol. The molecule has 1 aromatic carbocycles. The van der Waals surface area contributed by atoms with E-state index in [-0.39, 0.29) is 21.8 Å². The van der Waals surface area contributed by atoms with Crippen molar-refractivity contribution in [1.29, 1.82) is 0 Å². The lowest BCUT2D eigenvalue weighted by atomic mass is 10.1. The van der Waals surface area contributed by atoms with Crippen LogP contribution < -0.4 is 16.6 Å². The first-order chi connectivity index (χ1) is 18.8. The molecule has 0 saturated heterocycles. The van der Waals surface area contributed by atoms with Gasteiger partial charge in [0.25, 0.3) is 11.5 Å². The van der Waals surface area contributed by atoms with Crippen molar-refractivity contribution in [2.75, 3.05) is 5.32 Å². The SMILES string of the molecule is NC(=O)c1cccc(C(=O)n2nc(-c3cc(Cl)n(CCc4ccsc4)c(=O)c3)cc2NCc2ccc(Cl)s2)c1. The van der Waals surface area contributed by atoms with Gasteiger partial charge in [-0.3, -0.25) is 19.0 Å². The highest BCUT2D eigenvalue weighted by atomic mass is 35.5. The summed E-state index contributed by atoms with van der Waals surface area (Å²) in [6.45, 7) is 0.829. The molecule has 4 aromatic heterocycles. The van der Waals surface area contributed by atoms with E-state index in [4.69, 9.17) is 28.9 Å². The van der Waals surface area contributed by atoms with Gasteiger partial charge in [-0.15, -0.1) is 11.3 Å². The first-order valence-electron chi connectivity index (χ1n) is 11.7. The minimum Gasteiger partial charge on any atom is -0.366 e. The number of nitrogens with one attached hydrogen (secondary N) is 1. The summed E-state index contributed by atoms with van der Waals surface area (Å²) in [6, 6.07) is 16.6. The minimum atomic E-state index is -0.645. The van der Waals surface area contributed by atoms with Crippen LogP contribution in [-0.4, -0.2) is 26.2 Å². The molecular formula is C27H21Cl2N5O3S2. The molecule has 0 fully saturated rings. The molecule has 3 N–H and O–H groups in total. The molecule has 39 heavy (non-hydrogen) atoms. The predicted octanol–water partition coefficient (Wildman–Crippen LogP) is 5.78. The predicted molar refractivity (Wildman–Crippen MR) is 156 cm³/mol. The second kappa shape index (κ2) is 11.6. The number of nitrogens with two attached hydrogens (primary N) is 1. The van der Waals surface area contributed by atoms with Gasteiger partial charge in [-0.1, -0.05) is 29.3 Å². The third kappa shape index (κ3) is 6.15. The molecule has 0 saturated carbocycles. The molecule has 0 aliphatic rings. The summed E-state index contributed by atoms with van der Waals surface area (Å²) in [5.74, 6) is -0.735. The van der Waals surface area contributed by atoms with E-state index in [9.17, 15) is 14.4 Å². The molecule has 1 amide bonds. The zero-order valence-corrected chi connectivity index (χ0v) is 23.4. The summed E-state index contributed by atoms with van der Waals surface area (Å²) in [7, 11) is 0. The molecule has 5 aromatic rings. The van der Waals surface area contributed by atoms with Crippen LogP contribution in [0, 0.1) is 0 Å². The molecular weight excluding hydrogens is 577 g/mol. The van der Waals surface area contributed by atoms with Crippen molar-refractivity contribution in [3.8, 4) is 11.3 Å². The van der Waals surface area contributed by atoms with Crippen molar-refractivity contribution >= 4 is 63.5 Å². The number of primary amides is 1. The molecule has 4 heterocycles. The lowest BCUT2D eigenvalue weighted by molar-refractivity contribution is 0.0948. The van der Waals surface area contributed by atoms with E-state index in [1.807, 2.05) is 22.9 Å². The Bertz CT molecular complexity index is 1720. The molecule has 12 heteroatoms. The van der Waals surface area contributed by atoms with Crippen molar-refractivity contribution in [2.24, 2.45) is 5.73 Å². The zero-order valence-electron chi connectivity index (χ0n) is 20.3. The molecule has 0 aliphatic heterocycles. The van der Waals surface area contributed by atoms with E-state index in [2.05, 4.69) is 10.4 Å². The van der Waals surface area contributed by atoms with Crippen molar-refractivity contribution in [3.63, 3.8) is 0 Å². The molecule has 8 nitrogen and oxygen atoms in total. The summed E-state index contributed by atoms with van der Waals surface area (Å²) in [6.07, 6.45) is 0.677. The summed E-state index contributed by atoms with van der Waals surface area (Å²) in [5.41, 5.74) is 7.53. The first-order valence-corrected chi connectivity index (χ1v) is 14.2. The van der Waals surface area contributed by atoms with Gasteiger partial charge in [0.15, 0.2) is 0 Å². The number of anilines is 1. The van der Waals surface area contributed by atoms with Crippen LogP contribution in [0.1, 0.15) is 31.2 Å². The molecule has 5 rings (SSSR count). The van der Waals surface area contributed by atoms with Crippen LogP contribution in [0.3, 0.4) is 0 Å². The number of hydrogen-bond donors (Lipinski definition) is 2. The normalized spacial score (nSPS) is 11.0. The lowest BCUT2D eigenvalue weighted by Crippen LogP contribution is -2.21. The fourth-order valence-electron chi connectivity index (χ4n) is 3.96. The van der Waals surface area contributed by atoms with E-state index >= 15 is 0 Å². The highest BCUT2D eigenvalue weighted by Crippen LogP contribution is 2.27. The van der Waals surface area contributed by atoms with Crippen molar-refractivity contribution < 1.29 is 9.59 Å². The van der Waals surface area contributed by atoms with Crippen LogP contribution in [-0.2, 0) is 19.5 Å². The van der Waals surface area contributed by atoms with E-state index in [1.54, 1.807) is 41.7 Å². The molecule has 0 aliphatic carbocycles. The quantitative estimate of drug-likeness (QED) is 0.209. The molecule has 0 radical (unpaired) electrons. The summed E-state index contributed by atoms with van der Waals surface area (Å²) < 4.78 is 3.34. The fourth-order valence-corrected chi connectivity index (χ4v) is 5.98. The smallest absolute Gasteiger partial charge is 0.280 e. The van der Waals surface area contributed by atoms with Gasteiger partial charge in [0.2, 0.25) is 5.91 Å². The molecule has 0 atom stereocenters. The molecule has 0 bridgehead atoms. The van der Waals surface area contributed by atoms with Gasteiger partial charge in [0.05, 0.1) is 16.6 Å². The van der Waals surface area contributed by atoms with Crippen LogP contribution in [0.4, 0.5) is 5.82 Å². The van der Waals surface area contributed by atoms with Crippen LogP contribution >= 0.6 is 45.9 Å². The highest BCUT2D eigenvalue weighted by Gasteiger charge is 2.19. The summed E-state index contributed by atoms with van der Waals surface area (Å²) >= 11 is 15.6. The van der Waals surface area contributed by atoms with Gasteiger partial charge >= 0.3 is 0 Å². The number of carbonyl (C=O) groups excluding carboxylic acids is 2. The Morgan fingerprint density at radius 1 is 1.03 bits per heavy atom. The Balaban J connectivity index is 1.49. The van der Waals surface area contributed by atoms with Gasteiger partial charge in [-0.25, -0.2) is 0 Å². The van der Waals surface area contributed by atoms with Crippen molar-refractivity contribution in [1.82, 2.24) is 14.3 Å². The standard InChI is InChI=1S/C27H21Cl2N5O3S2/c28-22-11-19(12-25(35)33(22)8-6-16-7-9-38-15-16)21-13-24(31-14-20-4-5-23(29)39-20)34(32-21)27(37)18-3-1-2-17(10-18)26(30)36/h1-5,7,9-13,15,31H,6,8,14H2,(H2,30,36). The van der Waals surface area contributed by atoms with Gasteiger partial charge in [0, 0.05) is 40.2 Å². The molecule has 198 valence electrons. The second-order valence-corrected chi connectivity index (χ2v) is 11.5. The number of nitrogens with zero attached hydrogens (tertiary/aromatic N) is 3. The van der Waals surface area contributed by atoms with Gasteiger partial charge in [-0.05, 0) is 65.2 Å². The molecule has 0 unspecified atom stereocenters. The lowest BCUT2D eigenvalue weighted by Gasteiger charge is -2.09. The monoisotopic (exact) mass is 597 g/mol. The maximum absolute atomic E-state index is 13.5. The van der Waals surface area contributed by atoms with Gasteiger partial charge in [-0.2, -0.15) is 21.1 Å². The number of amides is 1. The van der Waals surface area contributed by atoms with Gasteiger partial charge < -0.3 is 11.1 Å². The summed E-state index contributed by atoms with van der Waals surface area (Å²) in [4.78, 5) is 39.1. The van der Waals surface area contributed by atoms with Crippen LogP contribution in [0.25, 0.3) is 11.3 Å². The van der Waals surface area contributed by atoms with Crippen LogP contribution in [0.5, 0.6) is 0 Å².